The van der Waals surface area contributed by atoms with Gasteiger partial charge in [-0.05, 0) is 30.5 Å². The van der Waals surface area contributed by atoms with Crippen molar-refractivity contribution in [1.29, 1.82) is 0 Å². The van der Waals surface area contributed by atoms with Crippen molar-refractivity contribution < 1.29 is 4.79 Å². The number of para-hydroxylation sites is 1. The van der Waals surface area contributed by atoms with Crippen molar-refractivity contribution in [3.63, 3.8) is 0 Å². The molecule has 0 spiro atoms. The third kappa shape index (κ3) is 5.69. The van der Waals surface area contributed by atoms with Gasteiger partial charge >= 0.3 is 0 Å². The molecule has 0 bridgehead atoms. The predicted molar refractivity (Wildman–Crippen MR) is 137 cm³/mol. The molecule has 2 aliphatic rings. The Hall–Kier alpha value is -2.54. The lowest BCUT2D eigenvalue weighted by atomic mass is 9.98. The number of piperidine rings is 1. The number of thiazole rings is 1. The van der Waals surface area contributed by atoms with Gasteiger partial charge in [-0.1, -0.05) is 54.6 Å². The van der Waals surface area contributed by atoms with E-state index in [2.05, 4.69) is 69.3 Å². The van der Waals surface area contributed by atoms with Crippen LogP contribution in [0.5, 0.6) is 0 Å². The van der Waals surface area contributed by atoms with Gasteiger partial charge in [0.2, 0.25) is 5.91 Å². The highest BCUT2D eigenvalue weighted by molar-refractivity contribution is 7.18. The van der Waals surface area contributed by atoms with Crippen LogP contribution in [0.4, 0.5) is 0 Å². The largest absolute Gasteiger partial charge is 0.341 e. The zero-order valence-electron chi connectivity index (χ0n) is 19.1. The van der Waals surface area contributed by atoms with Gasteiger partial charge in [0.1, 0.15) is 0 Å². The number of hydrogen-bond donors (Lipinski definition) is 0. The Morgan fingerprint density at radius 1 is 0.970 bits per heavy atom. The number of piperazine rings is 1. The lowest BCUT2D eigenvalue weighted by Gasteiger charge is -2.36. The number of carbonyl (C=O) groups is 1. The standard InChI is InChI=1S/C27H32N4OS/c32-26(21-30-18-16-29(17-19-30)14-6-10-22-8-2-1-3-9-22)31-15-7-11-23(20-31)27-28-24-12-4-5-13-25(24)33-27/h1-6,8-10,12-13,23H,7,11,14-21H2. The smallest absolute Gasteiger partial charge is 0.236 e. The fraction of sp³-hybridized carbons (Fsp3) is 0.407. The number of aromatic nitrogens is 1. The van der Waals surface area contributed by atoms with Crippen molar-refractivity contribution in [2.45, 2.75) is 18.8 Å². The van der Waals surface area contributed by atoms with E-state index in [-0.39, 0.29) is 5.91 Å². The van der Waals surface area contributed by atoms with Gasteiger partial charge in [-0.15, -0.1) is 11.3 Å². The summed E-state index contributed by atoms with van der Waals surface area (Å²) >= 11 is 1.79. The molecular weight excluding hydrogens is 428 g/mol. The van der Waals surface area contributed by atoms with E-state index in [1.165, 1.54) is 15.3 Å². The molecular formula is C27H32N4OS. The fourth-order valence-electron chi connectivity index (χ4n) is 4.79. The molecule has 6 heteroatoms. The van der Waals surface area contributed by atoms with E-state index < -0.39 is 0 Å². The van der Waals surface area contributed by atoms with Gasteiger partial charge in [-0.3, -0.25) is 14.6 Å². The first kappa shape index (κ1) is 22.3. The number of amides is 1. The number of fused-ring (bicyclic) bond motifs is 1. The molecule has 2 fully saturated rings. The maximum atomic E-state index is 13.1. The lowest BCUT2D eigenvalue weighted by Crippen LogP contribution is -2.51. The second-order valence-electron chi connectivity index (χ2n) is 9.09. The van der Waals surface area contributed by atoms with E-state index in [9.17, 15) is 4.79 Å². The highest BCUT2D eigenvalue weighted by atomic mass is 32.1. The molecule has 172 valence electrons. The quantitative estimate of drug-likeness (QED) is 0.549. The Balaban J connectivity index is 1.09. The number of nitrogens with zero attached hydrogens (tertiary/aromatic N) is 4. The van der Waals surface area contributed by atoms with Gasteiger partial charge in [0.15, 0.2) is 0 Å². The zero-order valence-corrected chi connectivity index (χ0v) is 19.9. The Kier molecular flexibility index (Phi) is 7.15. The molecule has 1 aromatic heterocycles. The van der Waals surface area contributed by atoms with Crippen LogP contribution in [0.2, 0.25) is 0 Å². The van der Waals surface area contributed by atoms with E-state index in [0.29, 0.717) is 12.5 Å². The summed E-state index contributed by atoms with van der Waals surface area (Å²) in [6, 6.07) is 18.8. The van der Waals surface area contributed by atoms with Crippen molar-refractivity contribution in [2.24, 2.45) is 0 Å². The molecule has 5 rings (SSSR count). The Bertz CT molecular complexity index is 1050. The van der Waals surface area contributed by atoms with Crippen molar-refractivity contribution in [3.05, 3.63) is 71.2 Å². The molecule has 3 aromatic rings. The monoisotopic (exact) mass is 460 g/mol. The summed E-state index contributed by atoms with van der Waals surface area (Å²) in [4.78, 5) is 24.8. The van der Waals surface area contributed by atoms with E-state index >= 15 is 0 Å². The van der Waals surface area contributed by atoms with Crippen LogP contribution >= 0.6 is 11.3 Å². The van der Waals surface area contributed by atoms with Gasteiger partial charge in [0, 0.05) is 51.7 Å². The predicted octanol–water partition coefficient (Wildman–Crippen LogP) is 4.33. The van der Waals surface area contributed by atoms with Crippen LogP contribution in [0.15, 0.2) is 60.7 Å². The SMILES string of the molecule is O=C(CN1CCN(CC=Cc2ccccc2)CC1)N1CCCC(c2nc3ccccc3s2)C1. The molecule has 3 heterocycles. The summed E-state index contributed by atoms with van der Waals surface area (Å²) in [5, 5.41) is 1.19. The molecule has 2 saturated heterocycles. The minimum absolute atomic E-state index is 0.276. The summed E-state index contributed by atoms with van der Waals surface area (Å²) in [6.07, 6.45) is 6.62. The fourth-order valence-corrected chi connectivity index (χ4v) is 5.89. The average molecular weight is 461 g/mol. The first-order valence-corrected chi connectivity index (χ1v) is 12.9. The van der Waals surface area contributed by atoms with Gasteiger partial charge < -0.3 is 4.90 Å². The van der Waals surface area contributed by atoms with Crippen molar-refractivity contribution in [1.82, 2.24) is 19.7 Å². The average Bonchev–Trinajstić information content (AvgIpc) is 3.30. The molecule has 1 unspecified atom stereocenters. The van der Waals surface area contributed by atoms with Crippen molar-refractivity contribution >= 4 is 33.5 Å². The molecule has 2 aromatic carbocycles. The van der Waals surface area contributed by atoms with Crippen LogP contribution in [-0.4, -0.2) is 77.9 Å². The Morgan fingerprint density at radius 2 is 1.73 bits per heavy atom. The van der Waals surface area contributed by atoms with Crippen LogP contribution in [0.1, 0.15) is 29.3 Å². The molecule has 0 N–H and O–H groups in total. The molecule has 1 amide bonds. The third-order valence-electron chi connectivity index (χ3n) is 6.73. The van der Waals surface area contributed by atoms with Crippen LogP contribution in [0, 0.1) is 0 Å². The molecule has 33 heavy (non-hydrogen) atoms. The summed E-state index contributed by atoms with van der Waals surface area (Å²) in [7, 11) is 0. The summed E-state index contributed by atoms with van der Waals surface area (Å²) in [6.45, 7) is 7.14. The maximum absolute atomic E-state index is 13.1. The zero-order chi connectivity index (χ0) is 22.5. The number of benzene rings is 2. The van der Waals surface area contributed by atoms with Crippen LogP contribution in [0.3, 0.4) is 0 Å². The van der Waals surface area contributed by atoms with E-state index in [1.54, 1.807) is 11.3 Å². The number of rotatable bonds is 6. The van der Waals surface area contributed by atoms with Gasteiger partial charge in [-0.2, -0.15) is 0 Å². The first-order valence-electron chi connectivity index (χ1n) is 12.0. The van der Waals surface area contributed by atoms with E-state index in [1.807, 2.05) is 12.1 Å². The lowest BCUT2D eigenvalue weighted by molar-refractivity contribution is -0.134. The molecule has 0 radical (unpaired) electrons. The first-order chi connectivity index (χ1) is 16.2. The number of hydrogen-bond acceptors (Lipinski definition) is 5. The van der Waals surface area contributed by atoms with Gasteiger partial charge in [0.05, 0.1) is 21.8 Å². The molecule has 0 aliphatic carbocycles. The normalized spacial score (nSPS) is 20.6. The summed E-state index contributed by atoms with van der Waals surface area (Å²) < 4.78 is 1.24. The number of carbonyl (C=O) groups excluding carboxylic acids is 1. The second-order valence-corrected chi connectivity index (χ2v) is 10.2. The van der Waals surface area contributed by atoms with E-state index in [4.69, 9.17) is 4.98 Å². The number of likely N-dealkylation sites (tertiary alicyclic amines) is 1. The van der Waals surface area contributed by atoms with Crippen LogP contribution in [-0.2, 0) is 4.79 Å². The van der Waals surface area contributed by atoms with Crippen molar-refractivity contribution in [2.75, 3.05) is 52.4 Å². The minimum Gasteiger partial charge on any atom is -0.341 e. The molecule has 0 saturated carbocycles. The molecule has 1 atom stereocenters. The summed E-state index contributed by atoms with van der Waals surface area (Å²) in [5.74, 6) is 0.645. The highest BCUT2D eigenvalue weighted by Gasteiger charge is 2.28. The van der Waals surface area contributed by atoms with Crippen molar-refractivity contribution in [3.8, 4) is 0 Å². The van der Waals surface area contributed by atoms with Crippen LogP contribution in [0.25, 0.3) is 16.3 Å². The highest BCUT2D eigenvalue weighted by Crippen LogP contribution is 2.33. The summed E-state index contributed by atoms with van der Waals surface area (Å²) in [5.41, 5.74) is 2.32. The van der Waals surface area contributed by atoms with Crippen LogP contribution < -0.4 is 0 Å². The second kappa shape index (κ2) is 10.6. The van der Waals surface area contributed by atoms with Gasteiger partial charge in [0.25, 0.3) is 0 Å². The Labute approximate surface area is 200 Å². The molecule has 2 aliphatic heterocycles. The minimum atomic E-state index is 0.276. The Morgan fingerprint density at radius 3 is 2.55 bits per heavy atom. The third-order valence-corrected chi connectivity index (χ3v) is 7.93. The topological polar surface area (TPSA) is 39.7 Å². The molecule has 5 nitrogen and oxygen atoms in total. The van der Waals surface area contributed by atoms with Gasteiger partial charge in [-0.25, -0.2) is 4.98 Å². The van der Waals surface area contributed by atoms with E-state index in [0.717, 1.165) is 64.2 Å². The maximum Gasteiger partial charge on any atom is 0.236 e.